The van der Waals surface area contributed by atoms with Crippen LogP contribution in [0.25, 0.3) is 0 Å². The lowest BCUT2D eigenvalue weighted by molar-refractivity contribution is 0.261. The lowest BCUT2D eigenvalue weighted by Gasteiger charge is -2.22. The Morgan fingerprint density at radius 2 is 1.55 bits per heavy atom. The highest BCUT2D eigenvalue weighted by Crippen LogP contribution is 2.26. The van der Waals surface area contributed by atoms with Crippen molar-refractivity contribution in [3.63, 3.8) is 0 Å². The Hall–Kier alpha value is -1.36. The van der Waals surface area contributed by atoms with Crippen LogP contribution in [0.5, 0.6) is 5.75 Å². The number of ether oxygens (including phenoxy) is 1. The highest BCUT2D eigenvalue weighted by Gasteiger charge is 2.05. The van der Waals surface area contributed by atoms with Crippen LogP contribution in [0.4, 0.5) is 0 Å². The molecule has 0 aliphatic heterocycles. The molecule has 0 aliphatic rings. The molecule has 3 nitrogen and oxygen atoms in total. The monoisotopic (exact) mass is 460 g/mol. The lowest BCUT2D eigenvalue weighted by atomic mass is 10.2. The van der Waals surface area contributed by atoms with E-state index in [2.05, 4.69) is 70.3 Å². The molecular formula is C25H37BrN2O. The predicted octanol–water partition coefficient (Wildman–Crippen LogP) is 6.41. The van der Waals surface area contributed by atoms with E-state index in [4.69, 9.17) is 4.74 Å². The first kappa shape index (κ1) is 23.9. The molecule has 2 rings (SSSR count). The Morgan fingerprint density at radius 3 is 2.21 bits per heavy atom. The van der Waals surface area contributed by atoms with Crippen molar-refractivity contribution in [3.8, 4) is 5.75 Å². The fraction of sp³-hybridized carbons (Fsp3) is 0.520. The molecule has 0 aromatic heterocycles. The molecule has 0 saturated heterocycles. The average molecular weight is 461 g/mol. The van der Waals surface area contributed by atoms with Gasteiger partial charge in [-0.2, -0.15) is 0 Å². The molecule has 1 N–H and O–H groups in total. The lowest BCUT2D eigenvalue weighted by Crippen LogP contribution is -2.29. The minimum atomic E-state index is 0.587. The van der Waals surface area contributed by atoms with Gasteiger partial charge in [-0.3, -0.25) is 0 Å². The average Bonchev–Trinajstić information content (AvgIpc) is 2.75. The normalized spacial score (nSPS) is 11.2. The van der Waals surface area contributed by atoms with Crippen LogP contribution in [0.15, 0.2) is 53.0 Å². The second-order valence-electron chi connectivity index (χ2n) is 7.62. The van der Waals surface area contributed by atoms with Crippen LogP contribution in [0, 0.1) is 0 Å². The molecule has 0 unspecified atom stereocenters. The zero-order valence-electron chi connectivity index (χ0n) is 18.1. The second-order valence-corrected chi connectivity index (χ2v) is 8.47. The third kappa shape index (κ3) is 9.79. The Balaban J connectivity index is 1.68. The molecule has 0 fully saturated rings. The van der Waals surface area contributed by atoms with Gasteiger partial charge in [-0.05, 0) is 84.6 Å². The molecule has 29 heavy (non-hydrogen) atoms. The van der Waals surface area contributed by atoms with Crippen LogP contribution in [0.2, 0.25) is 0 Å². The van der Waals surface area contributed by atoms with Gasteiger partial charge >= 0.3 is 0 Å². The summed E-state index contributed by atoms with van der Waals surface area (Å²) in [6.45, 7) is 10.8. The number of rotatable bonds is 15. The molecular weight excluding hydrogens is 424 g/mol. The molecule has 4 heteroatoms. The van der Waals surface area contributed by atoms with Crippen molar-refractivity contribution in [2.45, 2.75) is 59.1 Å². The first-order valence-electron chi connectivity index (χ1n) is 11.1. The number of benzene rings is 2. The highest BCUT2D eigenvalue weighted by molar-refractivity contribution is 9.10. The van der Waals surface area contributed by atoms with Crippen molar-refractivity contribution < 1.29 is 4.74 Å². The maximum atomic E-state index is 5.94. The molecule has 2 aromatic carbocycles. The van der Waals surface area contributed by atoms with Gasteiger partial charge in [0.15, 0.2) is 0 Å². The van der Waals surface area contributed by atoms with Gasteiger partial charge in [0, 0.05) is 6.54 Å². The maximum Gasteiger partial charge on any atom is 0.134 e. The summed E-state index contributed by atoms with van der Waals surface area (Å²) in [5, 5.41) is 3.59. The summed E-state index contributed by atoms with van der Waals surface area (Å²) in [5.41, 5.74) is 2.45. The van der Waals surface area contributed by atoms with E-state index in [0.29, 0.717) is 6.61 Å². The van der Waals surface area contributed by atoms with E-state index in [1.165, 1.54) is 62.9 Å². The largest absolute Gasteiger partial charge is 0.488 e. The summed E-state index contributed by atoms with van der Waals surface area (Å²) in [5.74, 6) is 0.889. The van der Waals surface area contributed by atoms with Crippen molar-refractivity contribution >= 4 is 15.9 Å². The van der Waals surface area contributed by atoms with E-state index in [-0.39, 0.29) is 0 Å². The van der Waals surface area contributed by atoms with Crippen LogP contribution in [0.3, 0.4) is 0 Å². The van der Waals surface area contributed by atoms with E-state index < -0.39 is 0 Å². The Labute approximate surface area is 186 Å². The second kappa shape index (κ2) is 14.6. The molecule has 0 heterocycles. The fourth-order valence-electron chi connectivity index (χ4n) is 3.27. The van der Waals surface area contributed by atoms with E-state index >= 15 is 0 Å². The molecule has 0 atom stereocenters. The van der Waals surface area contributed by atoms with Crippen molar-refractivity contribution in [1.29, 1.82) is 0 Å². The Kier molecular flexibility index (Phi) is 12.0. The van der Waals surface area contributed by atoms with Crippen molar-refractivity contribution in [2.24, 2.45) is 0 Å². The standard InChI is InChI=1S/C25H37BrN2O/c1-3-5-16-28(17-6-4-2)18-10-15-27-20-23-13-14-25(24(26)19-23)29-21-22-11-8-7-9-12-22/h7-9,11-14,19,27H,3-6,10,15-18,20-21H2,1-2H3. The minimum Gasteiger partial charge on any atom is -0.488 e. The van der Waals surface area contributed by atoms with Gasteiger partial charge in [0.2, 0.25) is 0 Å². The van der Waals surface area contributed by atoms with E-state index in [0.717, 1.165) is 23.3 Å². The van der Waals surface area contributed by atoms with Crippen molar-refractivity contribution in [1.82, 2.24) is 10.2 Å². The molecule has 0 aliphatic carbocycles. The zero-order valence-corrected chi connectivity index (χ0v) is 19.7. The van der Waals surface area contributed by atoms with Gasteiger partial charge < -0.3 is 15.0 Å². The number of halogens is 1. The Morgan fingerprint density at radius 1 is 0.862 bits per heavy atom. The first-order chi connectivity index (χ1) is 14.2. The SMILES string of the molecule is CCCCN(CCCC)CCCNCc1ccc(OCc2ccccc2)c(Br)c1. The minimum absolute atomic E-state index is 0.587. The number of nitrogens with zero attached hydrogens (tertiary/aromatic N) is 1. The summed E-state index contributed by atoms with van der Waals surface area (Å²) < 4.78 is 6.95. The van der Waals surface area contributed by atoms with Gasteiger partial charge in [-0.1, -0.05) is 63.1 Å². The van der Waals surface area contributed by atoms with Crippen LogP contribution < -0.4 is 10.1 Å². The summed E-state index contributed by atoms with van der Waals surface area (Å²) in [7, 11) is 0. The van der Waals surface area contributed by atoms with E-state index in [1.807, 2.05) is 18.2 Å². The van der Waals surface area contributed by atoms with E-state index in [9.17, 15) is 0 Å². The quantitative estimate of drug-likeness (QED) is 0.310. The van der Waals surface area contributed by atoms with Crippen LogP contribution in [-0.2, 0) is 13.2 Å². The first-order valence-corrected chi connectivity index (χ1v) is 11.9. The third-order valence-electron chi connectivity index (χ3n) is 5.05. The molecule has 0 amide bonds. The molecule has 0 bridgehead atoms. The topological polar surface area (TPSA) is 24.5 Å². The number of nitrogens with one attached hydrogen (secondary N) is 1. The van der Waals surface area contributed by atoms with Gasteiger partial charge in [-0.25, -0.2) is 0 Å². The number of hydrogen-bond donors (Lipinski definition) is 1. The zero-order chi connectivity index (χ0) is 20.7. The predicted molar refractivity (Wildman–Crippen MR) is 127 cm³/mol. The fourth-order valence-corrected chi connectivity index (χ4v) is 3.81. The number of unbranched alkanes of at least 4 members (excludes halogenated alkanes) is 2. The molecule has 160 valence electrons. The summed E-state index contributed by atoms with van der Waals surface area (Å²) in [6.07, 6.45) is 6.38. The summed E-state index contributed by atoms with van der Waals surface area (Å²) in [6, 6.07) is 16.6. The number of hydrogen-bond acceptors (Lipinski definition) is 3. The smallest absolute Gasteiger partial charge is 0.134 e. The van der Waals surface area contributed by atoms with Gasteiger partial charge in [0.1, 0.15) is 12.4 Å². The molecule has 0 radical (unpaired) electrons. The van der Waals surface area contributed by atoms with Gasteiger partial charge in [-0.15, -0.1) is 0 Å². The highest BCUT2D eigenvalue weighted by atomic mass is 79.9. The van der Waals surface area contributed by atoms with Gasteiger partial charge in [0.05, 0.1) is 4.47 Å². The molecule has 0 saturated carbocycles. The third-order valence-corrected chi connectivity index (χ3v) is 5.67. The van der Waals surface area contributed by atoms with Crippen LogP contribution >= 0.6 is 15.9 Å². The maximum absolute atomic E-state index is 5.94. The van der Waals surface area contributed by atoms with Gasteiger partial charge in [0.25, 0.3) is 0 Å². The van der Waals surface area contributed by atoms with Crippen molar-refractivity contribution in [3.05, 3.63) is 64.1 Å². The summed E-state index contributed by atoms with van der Waals surface area (Å²) in [4.78, 5) is 2.63. The molecule has 2 aromatic rings. The van der Waals surface area contributed by atoms with Crippen molar-refractivity contribution in [2.75, 3.05) is 26.2 Å². The van der Waals surface area contributed by atoms with E-state index in [1.54, 1.807) is 0 Å². The Bertz CT molecular complexity index is 670. The van der Waals surface area contributed by atoms with Crippen LogP contribution in [0.1, 0.15) is 57.1 Å². The summed E-state index contributed by atoms with van der Waals surface area (Å²) >= 11 is 3.65. The van der Waals surface area contributed by atoms with Crippen LogP contribution in [-0.4, -0.2) is 31.1 Å². The molecule has 0 spiro atoms.